The molecule has 3 N–H and O–H groups in total. The standard InChI is InChI=1S/C12H14N2O/c1-12(2,15)11-7-9(13)8-5-3-4-6-10(8)14-11/h3-7,15H,1-2H3,(H2,13,14). The van der Waals surface area contributed by atoms with Crippen molar-refractivity contribution >= 4 is 16.6 Å². The van der Waals surface area contributed by atoms with Crippen molar-refractivity contribution in [2.24, 2.45) is 0 Å². The van der Waals surface area contributed by atoms with Crippen LogP contribution in [0.25, 0.3) is 10.9 Å². The van der Waals surface area contributed by atoms with Gasteiger partial charge < -0.3 is 10.8 Å². The zero-order chi connectivity index (χ0) is 11.1. The molecule has 1 heterocycles. The van der Waals surface area contributed by atoms with Crippen molar-refractivity contribution in [1.29, 1.82) is 0 Å². The van der Waals surface area contributed by atoms with E-state index in [0.29, 0.717) is 11.4 Å². The molecule has 0 fully saturated rings. The van der Waals surface area contributed by atoms with E-state index in [1.54, 1.807) is 19.9 Å². The Morgan fingerprint density at radius 2 is 1.93 bits per heavy atom. The summed E-state index contributed by atoms with van der Waals surface area (Å²) in [6.45, 7) is 3.40. The molecule has 0 aliphatic carbocycles. The molecule has 2 aromatic rings. The van der Waals surface area contributed by atoms with Gasteiger partial charge in [-0.05, 0) is 26.0 Å². The Bertz CT molecular complexity index is 500. The first-order valence-electron chi connectivity index (χ1n) is 4.86. The molecule has 1 aromatic heterocycles. The summed E-state index contributed by atoms with van der Waals surface area (Å²) in [6, 6.07) is 9.36. The molecule has 0 saturated heterocycles. The van der Waals surface area contributed by atoms with Gasteiger partial charge in [0.05, 0.1) is 11.2 Å². The number of anilines is 1. The van der Waals surface area contributed by atoms with Crippen molar-refractivity contribution in [3.8, 4) is 0 Å². The highest BCUT2D eigenvalue weighted by atomic mass is 16.3. The molecule has 0 bridgehead atoms. The third kappa shape index (κ3) is 1.78. The van der Waals surface area contributed by atoms with Gasteiger partial charge in [0.25, 0.3) is 0 Å². The molecular formula is C12H14N2O. The molecule has 0 saturated carbocycles. The predicted octanol–water partition coefficient (Wildman–Crippen LogP) is 2.04. The summed E-state index contributed by atoms with van der Waals surface area (Å²) >= 11 is 0. The number of nitrogens with zero attached hydrogens (tertiary/aromatic N) is 1. The second kappa shape index (κ2) is 3.21. The number of para-hydroxylation sites is 1. The van der Waals surface area contributed by atoms with E-state index in [2.05, 4.69) is 4.98 Å². The fourth-order valence-electron chi connectivity index (χ4n) is 1.52. The highest BCUT2D eigenvalue weighted by Gasteiger charge is 2.18. The van der Waals surface area contributed by atoms with Gasteiger partial charge in [-0.2, -0.15) is 0 Å². The van der Waals surface area contributed by atoms with E-state index >= 15 is 0 Å². The number of aromatic nitrogens is 1. The van der Waals surface area contributed by atoms with Gasteiger partial charge in [-0.15, -0.1) is 0 Å². The van der Waals surface area contributed by atoms with E-state index < -0.39 is 5.60 Å². The average molecular weight is 202 g/mol. The first-order valence-corrected chi connectivity index (χ1v) is 4.86. The van der Waals surface area contributed by atoms with Crippen LogP contribution in [0.5, 0.6) is 0 Å². The summed E-state index contributed by atoms with van der Waals surface area (Å²) in [6.07, 6.45) is 0. The van der Waals surface area contributed by atoms with Crippen LogP contribution in [0.2, 0.25) is 0 Å². The Morgan fingerprint density at radius 3 is 2.60 bits per heavy atom. The number of hydrogen-bond acceptors (Lipinski definition) is 3. The van der Waals surface area contributed by atoms with Crippen molar-refractivity contribution in [2.75, 3.05) is 5.73 Å². The molecule has 0 aliphatic rings. The van der Waals surface area contributed by atoms with Gasteiger partial charge in [-0.25, -0.2) is 4.98 Å². The van der Waals surface area contributed by atoms with E-state index in [-0.39, 0.29) is 0 Å². The number of fused-ring (bicyclic) bond motifs is 1. The van der Waals surface area contributed by atoms with E-state index in [0.717, 1.165) is 10.9 Å². The third-order valence-corrected chi connectivity index (χ3v) is 2.38. The van der Waals surface area contributed by atoms with Gasteiger partial charge in [0, 0.05) is 11.1 Å². The molecule has 0 atom stereocenters. The molecule has 0 aliphatic heterocycles. The molecule has 2 rings (SSSR count). The van der Waals surface area contributed by atoms with E-state index in [1.165, 1.54) is 0 Å². The van der Waals surface area contributed by atoms with Crippen LogP contribution in [0.1, 0.15) is 19.5 Å². The topological polar surface area (TPSA) is 59.1 Å². The van der Waals surface area contributed by atoms with Crippen molar-refractivity contribution in [1.82, 2.24) is 4.98 Å². The van der Waals surface area contributed by atoms with E-state index in [1.807, 2.05) is 24.3 Å². The lowest BCUT2D eigenvalue weighted by atomic mass is 10.0. The van der Waals surface area contributed by atoms with E-state index in [4.69, 9.17) is 5.73 Å². The smallest absolute Gasteiger partial charge is 0.101 e. The number of pyridine rings is 1. The van der Waals surface area contributed by atoms with Crippen LogP contribution < -0.4 is 5.73 Å². The number of hydrogen-bond donors (Lipinski definition) is 2. The van der Waals surface area contributed by atoms with Gasteiger partial charge in [0.1, 0.15) is 5.60 Å². The molecule has 78 valence electrons. The first-order chi connectivity index (χ1) is 6.98. The van der Waals surface area contributed by atoms with Gasteiger partial charge in [0.15, 0.2) is 0 Å². The summed E-state index contributed by atoms with van der Waals surface area (Å²) < 4.78 is 0. The largest absolute Gasteiger partial charge is 0.398 e. The highest BCUT2D eigenvalue weighted by molar-refractivity contribution is 5.90. The van der Waals surface area contributed by atoms with Crippen LogP contribution in [-0.4, -0.2) is 10.1 Å². The Kier molecular flexibility index (Phi) is 2.12. The summed E-state index contributed by atoms with van der Waals surface area (Å²) in [7, 11) is 0. The highest BCUT2D eigenvalue weighted by Crippen LogP contribution is 2.25. The minimum atomic E-state index is -0.960. The predicted molar refractivity (Wildman–Crippen MR) is 61.4 cm³/mol. The monoisotopic (exact) mass is 202 g/mol. The maximum absolute atomic E-state index is 9.85. The number of rotatable bonds is 1. The van der Waals surface area contributed by atoms with Gasteiger partial charge in [-0.3, -0.25) is 0 Å². The van der Waals surface area contributed by atoms with Crippen LogP contribution in [-0.2, 0) is 5.60 Å². The summed E-state index contributed by atoms with van der Waals surface area (Å²) in [5, 5.41) is 10.8. The molecule has 1 aromatic carbocycles. The summed E-state index contributed by atoms with van der Waals surface area (Å²) in [4.78, 5) is 4.38. The minimum absolute atomic E-state index is 0.596. The fourth-order valence-corrected chi connectivity index (χ4v) is 1.52. The summed E-state index contributed by atoms with van der Waals surface area (Å²) in [5.41, 5.74) is 7.00. The van der Waals surface area contributed by atoms with E-state index in [9.17, 15) is 5.11 Å². The third-order valence-electron chi connectivity index (χ3n) is 2.38. The second-order valence-corrected chi connectivity index (χ2v) is 4.17. The molecule has 0 radical (unpaired) electrons. The van der Waals surface area contributed by atoms with Crippen molar-refractivity contribution in [2.45, 2.75) is 19.4 Å². The Balaban J connectivity index is 2.73. The number of nitrogens with two attached hydrogens (primary N) is 1. The SMILES string of the molecule is CC(C)(O)c1cc(N)c2ccccc2n1. The molecule has 3 nitrogen and oxygen atoms in total. The summed E-state index contributed by atoms with van der Waals surface area (Å²) in [5.74, 6) is 0. The molecule has 0 unspecified atom stereocenters. The zero-order valence-corrected chi connectivity index (χ0v) is 8.86. The van der Waals surface area contributed by atoms with Crippen molar-refractivity contribution in [3.63, 3.8) is 0 Å². The van der Waals surface area contributed by atoms with Crippen LogP contribution >= 0.6 is 0 Å². The Morgan fingerprint density at radius 1 is 1.27 bits per heavy atom. The molecule has 3 heteroatoms. The first kappa shape index (κ1) is 9.93. The quantitative estimate of drug-likeness (QED) is 0.744. The molecule has 0 amide bonds. The van der Waals surface area contributed by atoms with Crippen molar-refractivity contribution in [3.05, 3.63) is 36.0 Å². The molecular weight excluding hydrogens is 188 g/mol. The van der Waals surface area contributed by atoms with Crippen LogP contribution in [0.15, 0.2) is 30.3 Å². The minimum Gasteiger partial charge on any atom is -0.398 e. The number of benzene rings is 1. The lowest BCUT2D eigenvalue weighted by Crippen LogP contribution is -2.17. The van der Waals surface area contributed by atoms with Crippen LogP contribution in [0, 0.1) is 0 Å². The maximum Gasteiger partial charge on any atom is 0.101 e. The van der Waals surface area contributed by atoms with Gasteiger partial charge >= 0.3 is 0 Å². The van der Waals surface area contributed by atoms with Crippen molar-refractivity contribution < 1.29 is 5.11 Å². The van der Waals surface area contributed by atoms with Gasteiger partial charge in [0.2, 0.25) is 0 Å². The lowest BCUT2D eigenvalue weighted by Gasteiger charge is -2.17. The Hall–Kier alpha value is -1.61. The van der Waals surface area contributed by atoms with Crippen LogP contribution in [0.4, 0.5) is 5.69 Å². The number of nitrogen functional groups attached to an aromatic ring is 1. The second-order valence-electron chi connectivity index (χ2n) is 4.17. The van der Waals surface area contributed by atoms with Crippen LogP contribution in [0.3, 0.4) is 0 Å². The number of aliphatic hydroxyl groups is 1. The Labute approximate surface area is 88.6 Å². The zero-order valence-electron chi connectivity index (χ0n) is 8.86. The molecule has 0 spiro atoms. The maximum atomic E-state index is 9.85. The lowest BCUT2D eigenvalue weighted by molar-refractivity contribution is 0.0743. The van der Waals surface area contributed by atoms with Gasteiger partial charge in [-0.1, -0.05) is 18.2 Å². The fraction of sp³-hybridized carbons (Fsp3) is 0.250. The molecule has 15 heavy (non-hydrogen) atoms. The average Bonchev–Trinajstić information content (AvgIpc) is 2.16. The normalized spacial score (nSPS) is 11.9.